The van der Waals surface area contributed by atoms with Gasteiger partial charge in [0.05, 0.1) is 6.10 Å². The summed E-state index contributed by atoms with van der Waals surface area (Å²) in [6.07, 6.45) is -0.380. The Kier molecular flexibility index (Phi) is 4.05. The van der Waals surface area contributed by atoms with Crippen LogP contribution in [0.15, 0.2) is 24.3 Å². The van der Waals surface area contributed by atoms with Crippen molar-refractivity contribution in [3.05, 3.63) is 29.8 Å². The van der Waals surface area contributed by atoms with Gasteiger partial charge in [-0.25, -0.2) is 0 Å². The lowest BCUT2D eigenvalue weighted by Gasteiger charge is -2.23. The molecule has 4 heteroatoms. The number of anilines is 1. The van der Waals surface area contributed by atoms with Crippen molar-refractivity contribution in [2.75, 3.05) is 18.5 Å². The largest absolute Gasteiger partial charge is 0.392 e. The molecule has 1 rings (SSSR count). The predicted octanol–water partition coefficient (Wildman–Crippen LogP) is 1.14. The minimum Gasteiger partial charge on any atom is -0.392 e. The van der Waals surface area contributed by atoms with E-state index < -0.39 is 0 Å². The Morgan fingerprint density at radius 2 is 2.13 bits per heavy atom. The molecular formula is C11H16N2OS. The van der Waals surface area contributed by atoms with Crippen LogP contribution in [0.2, 0.25) is 0 Å². The van der Waals surface area contributed by atoms with Gasteiger partial charge in [-0.1, -0.05) is 24.4 Å². The number of benzene rings is 1. The lowest BCUT2D eigenvalue weighted by molar-refractivity contribution is 0.201. The molecule has 0 aromatic heterocycles. The molecule has 3 N–H and O–H groups in total. The number of thiocarbonyl (C=S) groups is 1. The van der Waals surface area contributed by atoms with Crippen LogP contribution in [0.5, 0.6) is 0 Å². The van der Waals surface area contributed by atoms with Crippen LogP contribution < -0.4 is 10.6 Å². The van der Waals surface area contributed by atoms with E-state index in [1.807, 2.05) is 36.2 Å². The number of nitrogens with two attached hydrogens (primary N) is 1. The molecule has 3 nitrogen and oxygen atoms in total. The number of para-hydroxylation sites is 1. The lowest BCUT2D eigenvalue weighted by Crippen LogP contribution is -2.28. The quantitative estimate of drug-likeness (QED) is 0.753. The van der Waals surface area contributed by atoms with Crippen molar-refractivity contribution < 1.29 is 5.11 Å². The van der Waals surface area contributed by atoms with Crippen LogP contribution in [0.25, 0.3) is 0 Å². The van der Waals surface area contributed by atoms with Gasteiger partial charge in [-0.15, -0.1) is 0 Å². The van der Waals surface area contributed by atoms with E-state index in [9.17, 15) is 5.11 Å². The first-order chi connectivity index (χ1) is 7.02. The molecule has 0 aliphatic heterocycles. The van der Waals surface area contributed by atoms with Gasteiger partial charge in [-0.05, 0) is 19.1 Å². The van der Waals surface area contributed by atoms with Gasteiger partial charge in [0.1, 0.15) is 4.99 Å². The summed E-state index contributed by atoms with van der Waals surface area (Å²) in [5.41, 5.74) is 7.42. The van der Waals surface area contributed by atoms with Crippen molar-refractivity contribution >= 4 is 22.9 Å². The molecule has 0 aliphatic rings. The first kappa shape index (κ1) is 11.9. The molecule has 1 unspecified atom stereocenters. The number of aliphatic hydroxyl groups excluding tert-OH is 1. The van der Waals surface area contributed by atoms with Crippen LogP contribution >= 0.6 is 12.2 Å². The van der Waals surface area contributed by atoms with E-state index in [4.69, 9.17) is 18.0 Å². The first-order valence-corrected chi connectivity index (χ1v) is 5.21. The molecule has 0 aliphatic carbocycles. The Morgan fingerprint density at radius 1 is 1.53 bits per heavy atom. The van der Waals surface area contributed by atoms with Crippen molar-refractivity contribution in [1.29, 1.82) is 0 Å². The monoisotopic (exact) mass is 224 g/mol. The van der Waals surface area contributed by atoms with E-state index >= 15 is 0 Å². The highest BCUT2D eigenvalue weighted by molar-refractivity contribution is 7.80. The van der Waals surface area contributed by atoms with E-state index in [1.54, 1.807) is 6.92 Å². The summed E-state index contributed by atoms with van der Waals surface area (Å²) < 4.78 is 0. The van der Waals surface area contributed by atoms with Gasteiger partial charge in [0.25, 0.3) is 0 Å². The fraction of sp³-hybridized carbons (Fsp3) is 0.364. The van der Waals surface area contributed by atoms with Crippen molar-refractivity contribution in [3.63, 3.8) is 0 Å². The minimum absolute atomic E-state index is 0.378. The molecule has 0 heterocycles. The van der Waals surface area contributed by atoms with E-state index in [-0.39, 0.29) is 6.10 Å². The zero-order chi connectivity index (χ0) is 11.4. The standard InChI is InChI=1S/C11H16N2OS/c1-8(14)7-13(2)10-6-4-3-5-9(10)11(12)15/h3-6,8,14H,7H2,1-2H3,(H2,12,15). The molecule has 1 atom stereocenters. The van der Waals surface area contributed by atoms with Crippen molar-refractivity contribution in [2.24, 2.45) is 5.73 Å². The summed E-state index contributed by atoms with van der Waals surface area (Å²) in [7, 11) is 1.91. The highest BCUT2D eigenvalue weighted by Gasteiger charge is 2.10. The lowest BCUT2D eigenvalue weighted by atomic mass is 10.1. The number of hydrogen-bond acceptors (Lipinski definition) is 3. The smallest absolute Gasteiger partial charge is 0.106 e. The van der Waals surface area contributed by atoms with Crippen molar-refractivity contribution in [2.45, 2.75) is 13.0 Å². The Balaban J connectivity index is 2.97. The van der Waals surface area contributed by atoms with Crippen LogP contribution in [-0.2, 0) is 0 Å². The first-order valence-electron chi connectivity index (χ1n) is 4.80. The average Bonchev–Trinajstić information content (AvgIpc) is 2.16. The second-order valence-electron chi connectivity index (χ2n) is 3.61. The van der Waals surface area contributed by atoms with Gasteiger partial charge >= 0.3 is 0 Å². The molecule has 0 fully saturated rings. The number of nitrogens with zero attached hydrogens (tertiary/aromatic N) is 1. The van der Waals surface area contributed by atoms with Gasteiger partial charge in [0.15, 0.2) is 0 Å². The van der Waals surface area contributed by atoms with Gasteiger partial charge in [-0.3, -0.25) is 0 Å². The minimum atomic E-state index is -0.380. The average molecular weight is 224 g/mol. The second-order valence-corrected chi connectivity index (χ2v) is 4.05. The highest BCUT2D eigenvalue weighted by atomic mass is 32.1. The third kappa shape index (κ3) is 3.18. The fourth-order valence-electron chi connectivity index (χ4n) is 1.51. The van der Waals surface area contributed by atoms with Crippen LogP contribution in [0, 0.1) is 0 Å². The van der Waals surface area contributed by atoms with Gasteiger partial charge in [0.2, 0.25) is 0 Å². The Bertz CT molecular complexity index is 352. The maximum Gasteiger partial charge on any atom is 0.106 e. The molecular weight excluding hydrogens is 208 g/mol. The zero-order valence-corrected chi connectivity index (χ0v) is 9.79. The van der Waals surface area contributed by atoms with Crippen molar-refractivity contribution in [3.8, 4) is 0 Å². The van der Waals surface area contributed by atoms with E-state index in [0.717, 1.165) is 11.3 Å². The molecule has 0 saturated heterocycles. The van der Waals surface area contributed by atoms with Gasteiger partial charge < -0.3 is 15.7 Å². The molecule has 0 spiro atoms. The summed E-state index contributed by atoms with van der Waals surface area (Å²) in [5, 5.41) is 9.31. The third-order valence-corrected chi connectivity index (χ3v) is 2.34. The maximum atomic E-state index is 9.31. The summed E-state index contributed by atoms with van der Waals surface area (Å²) in [4.78, 5) is 2.32. The molecule has 0 saturated carbocycles. The van der Waals surface area contributed by atoms with Crippen LogP contribution in [0.4, 0.5) is 5.69 Å². The summed E-state index contributed by atoms with van der Waals surface area (Å²) in [6.45, 7) is 2.31. The highest BCUT2D eigenvalue weighted by Crippen LogP contribution is 2.18. The summed E-state index contributed by atoms with van der Waals surface area (Å²) in [5.74, 6) is 0. The number of likely N-dealkylation sites (N-methyl/N-ethyl adjacent to an activating group) is 1. The SMILES string of the molecule is CC(O)CN(C)c1ccccc1C(N)=S. The number of aliphatic hydroxyl groups is 1. The Labute approximate surface area is 95.5 Å². The predicted molar refractivity (Wildman–Crippen MR) is 67.3 cm³/mol. The van der Waals surface area contributed by atoms with Gasteiger partial charge in [-0.2, -0.15) is 0 Å². The van der Waals surface area contributed by atoms with Crippen LogP contribution in [0.1, 0.15) is 12.5 Å². The third-order valence-electron chi connectivity index (χ3n) is 2.12. The molecule has 0 amide bonds. The second kappa shape index (κ2) is 5.09. The van der Waals surface area contributed by atoms with Crippen LogP contribution in [0.3, 0.4) is 0 Å². The summed E-state index contributed by atoms with van der Waals surface area (Å²) in [6, 6.07) is 7.65. The van der Waals surface area contributed by atoms with Crippen molar-refractivity contribution in [1.82, 2.24) is 0 Å². The van der Waals surface area contributed by atoms with E-state index in [0.29, 0.717) is 11.5 Å². The molecule has 1 aromatic carbocycles. The normalized spacial score (nSPS) is 12.2. The number of hydrogen-bond donors (Lipinski definition) is 2. The molecule has 0 radical (unpaired) electrons. The Morgan fingerprint density at radius 3 is 2.67 bits per heavy atom. The maximum absolute atomic E-state index is 9.31. The van der Waals surface area contributed by atoms with E-state index in [1.165, 1.54) is 0 Å². The Hall–Kier alpha value is -1.13. The fourth-order valence-corrected chi connectivity index (χ4v) is 1.68. The number of rotatable bonds is 4. The molecule has 82 valence electrons. The molecule has 1 aromatic rings. The summed E-state index contributed by atoms with van der Waals surface area (Å²) >= 11 is 4.97. The van der Waals surface area contributed by atoms with Gasteiger partial charge in [0, 0.05) is 24.8 Å². The topological polar surface area (TPSA) is 49.5 Å². The van der Waals surface area contributed by atoms with E-state index in [2.05, 4.69) is 0 Å². The zero-order valence-electron chi connectivity index (χ0n) is 8.97. The molecule has 0 bridgehead atoms. The molecule has 15 heavy (non-hydrogen) atoms. The van der Waals surface area contributed by atoms with Crippen LogP contribution in [-0.4, -0.2) is 29.8 Å².